The second kappa shape index (κ2) is 2.73. The predicted molar refractivity (Wildman–Crippen MR) is 44.7 cm³/mol. The quantitative estimate of drug-likeness (QED) is 0.613. The maximum absolute atomic E-state index is 11.3. The van der Waals surface area contributed by atoms with Gasteiger partial charge < -0.3 is 10.1 Å². The summed E-state index contributed by atoms with van der Waals surface area (Å²) in [6, 6.07) is 0. The molecule has 1 saturated heterocycles. The monoisotopic (exact) mass is 169 g/mol. The molecule has 2 fully saturated rings. The van der Waals surface area contributed by atoms with E-state index in [2.05, 4.69) is 5.32 Å². The van der Waals surface area contributed by atoms with Crippen molar-refractivity contribution < 1.29 is 9.53 Å². The van der Waals surface area contributed by atoms with Crippen LogP contribution in [-0.4, -0.2) is 25.7 Å². The number of rotatable bonds is 2. The Morgan fingerprint density at radius 1 is 1.75 bits per heavy atom. The highest BCUT2D eigenvalue weighted by Gasteiger charge is 2.59. The van der Waals surface area contributed by atoms with Crippen LogP contribution < -0.4 is 5.32 Å². The lowest BCUT2D eigenvalue weighted by Gasteiger charge is -2.05. The molecule has 1 saturated carbocycles. The summed E-state index contributed by atoms with van der Waals surface area (Å²) in [6.07, 6.45) is 2.19. The Kier molecular flexibility index (Phi) is 1.83. The molecule has 1 aliphatic carbocycles. The first kappa shape index (κ1) is 8.05. The fourth-order valence-electron chi connectivity index (χ4n) is 2.16. The lowest BCUT2D eigenvalue weighted by Crippen LogP contribution is -2.16. The second-order valence-corrected chi connectivity index (χ2v) is 3.80. The number of hydrogen-bond acceptors (Lipinski definition) is 3. The van der Waals surface area contributed by atoms with E-state index in [9.17, 15) is 4.79 Å². The molecule has 2 unspecified atom stereocenters. The first-order valence-electron chi connectivity index (χ1n) is 4.66. The van der Waals surface area contributed by atoms with Gasteiger partial charge in [-0.2, -0.15) is 0 Å². The van der Waals surface area contributed by atoms with Crippen LogP contribution >= 0.6 is 0 Å². The number of carbonyl (C=O) groups excluding carboxylic acids is 1. The van der Waals surface area contributed by atoms with Crippen LogP contribution in [0.15, 0.2) is 0 Å². The molecule has 12 heavy (non-hydrogen) atoms. The van der Waals surface area contributed by atoms with Crippen LogP contribution in [0.1, 0.15) is 19.8 Å². The van der Waals surface area contributed by atoms with Crippen molar-refractivity contribution in [2.24, 2.45) is 11.3 Å². The number of ether oxygens (including phenoxy) is 1. The minimum absolute atomic E-state index is 0.0150. The van der Waals surface area contributed by atoms with Gasteiger partial charge in [-0.15, -0.1) is 0 Å². The van der Waals surface area contributed by atoms with Crippen LogP contribution in [0.2, 0.25) is 0 Å². The molecule has 68 valence electrons. The summed E-state index contributed by atoms with van der Waals surface area (Å²) in [7, 11) is 0. The highest BCUT2D eigenvalue weighted by Crippen LogP contribution is 2.56. The molecule has 0 aromatic carbocycles. The zero-order valence-electron chi connectivity index (χ0n) is 7.43. The lowest BCUT2D eigenvalue weighted by atomic mass is 10.0. The van der Waals surface area contributed by atoms with Gasteiger partial charge in [-0.3, -0.25) is 4.79 Å². The highest BCUT2D eigenvalue weighted by molar-refractivity contribution is 5.77. The Morgan fingerprint density at radius 3 is 3.17 bits per heavy atom. The van der Waals surface area contributed by atoms with Crippen molar-refractivity contribution in [1.29, 1.82) is 0 Å². The highest BCUT2D eigenvalue weighted by atomic mass is 16.5. The molecule has 0 amide bonds. The number of nitrogens with one attached hydrogen (secondary N) is 1. The maximum atomic E-state index is 11.3. The molecule has 3 nitrogen and oxygen atoms in total. The number of hydrogen-bond donors (Lipinski definition) is 1. The fraction of sp³-hybridized carbons (Fsp3) is 0.889. The van der Waals surface area contributed by atoms with Crippen molar-refractivity contribution in [2.45, 2.75) is 19.8 Å². The Morgan fingerprint density at radius 2 is 2.58 bits per heavy atom. The van der Waals surface area contributed by atoms with Crippen LogP contribution in [0, 0.1) is 11.3 Å². The van der Waals surface area contributed by atoms with E-state index in [0.717, 1.165) is 25.9 Å². The zero-order valence-corrected chi connectivity index (χ0v) is 7.43. The molecular formula is C9H15NO2. The van der Waals surface area contributed by atoms with Gasteiger partial charge in [0.25, 0.3) is 0 Å². The Bertz CT molecular complexity index is 197. The fourth-order valence-corrected chi connectivity index (χ4v) is 2.16. The third-order valence-corrected chi connectivity index (χ3v) is 3.04. The van der Waals surface area contributed by atoms with E-state index in [4.69, 9.17) is 4.74 Å². The van der Waals surface area contributed by atoms with Gasteiger partial charge in [0.15, 0.2) is 0 Å². The Hall–Kier alpha value is -0.570. The molecule has 0 radical (unpaired) electrons. The molecule has 1 spiro atoms. The van der Waals surface area contributed by atoms with Crippen molar-refractivity contribution in [3.8, 4) is 0 Å². The molecule has 0 aromatic heterocycles. The molecule has 2 aliphatic rings. The van der Waals surface area contributed by atoms with Gasteiger partial charge in [-0.05, 0) is 31.7 Å². The Labute approximate surface area is 72.5 Å². The number of carbonyl (C=O) groups is 1. The first-order chi connectivity index (χ1) is 5.78. The van der Waals surface area contributed by atoms with E-state index in [0.29, 0.717) is 12.0 Å². The summed E-state index contributed by atoms with van der Waals surface area (Å²) in [5.74, 6) is 0.216. The Balaban J connectivity index is 1.89. The summed E-state index contributed by atoms with van der Waals surface area (Å²) in [5.41, 5.74) is 0.298. The van der Waals surface area contributed by atoms with Gasteiger partial charge in [0.05, 0.1) is 12.5 Å². The summed E-state index contributed by atoms with van der Waals surface area (Å²) < 4.78 is 4.99. The van der Waals surface area contributed by atoms with E-state index in [1.807, 2.05) is 6.92 Å². The van der Waals surface area contributed by atoms with Crippen LogP contribution in [0.5, 0.6) is 0 Å². The molecule has 0 bridgehead atoms. The molecular weight excluding hydrogens is 154 g/mol. The van der Waals surface area contributed by atoms with Crippen molar-refractivity contribution in [2.75, 3.05) is 19.7 Å². The van der Waals surface area contributed by atoms with Gasteiger partial charge in [0.1, 0.15) is 0 Å². The summed E-state index contributed by atoms with van der Waals surface area (Å²) in [4.78, 5) is 11.3. The summed E-state index contributed by atoms with van der Waals surface area (Å²) >= 11 is 0. The lowest BCUT2D eigenvalue weighted by molar-refractivity contribution is -0.145. The molecule has 1 aliphatic heterocycles. The van der Waals surface area contributed by atoms with E-state index in [1.54, 1.807) is 0 Å². The first-order valence-corrected chi connectivity index (χ1v) is 4.66. The van der Waals surface area contributed by atoms with Gasteiger partial charge in [-0.1, -0.05) is 0 Å². The summed E-state index contributed by atoms with van der Waals surface area (Å²) in [6.45, 7) is 4.45. The third-order valence-electron chi connectivity index (χ3n) is 3.04. The number of esters is 1. The molecule has 1 N–H and O–H groups in total. The smallest absolute Gasteiger partial charge is 0.309 e. The van der Waals surface area contributed by atoms with E-state index < -0.39 is 0 Å². The van der Waals surface area contributed by atoms with Crippen molar-refractivity contribution in [3.63, 3.8) is 0 Å². The largest absolute Gasteiger partial charge is 0.466 e. The normalized spacial score (nSPS) is 38.6. The molecule has 2 rings (SSSR count). The minimum atomic E-state index is 0.0150. The molecule has 2 atom stereocenters. The predicted octanol–water partition coefficient (Wildman–Crippen LogP) is 0.549. The SMILES string of the molecule is CCOC(=O)C1CC12CCNC2. The zero-order chi connectivity index (χ0) is 8.60. The summed E-state index contributed by atoms with van der Waals surface area (Å²) in [5, 5.41) is 3.29. The minimum Gasteiger partial charge on any atom is -0.466 e. The van der Waals surface area contributed by atoms with Crippen LogP contribution in [0.3, 0.4) is 0 Å². The van der Waals surface area contributed by atoms with Crippen LogP contribution in [0.4, 0.5) is 0 Å². The second-order valence-electron chi connectivity index (χ2n) is 3.80. The third kappa shape index (κ3) is 1.12. The van der Waals surface area contributed by atoms with E-state index >= 15 is 0 Å². The molecule has 3 heteroatoms. The topological polar surface area (TPSA) is 38.3 Å². The van der Waals surface area contributed by atoms with Crippen molar-refractivity contribution in [3.05, 3.63) is 0 Å². The maximum Gasteiger partial charge on any atom is 0.309 e. The van der Waals surface area contributed by atoms with Crippen LogP contribution in [-0.2, 0) is 9.53 Å². The van der Waals surface area contributed by atoms with Crippen molar-refractivity contribution >= 4 is 5.97 Å². The van der Waals surface area contributed by atoms with Crippen LogP contribution in [0.25, 0.3) is 0 Å². The average Bonchev–Trinajstić information content (AvgIpc) is 2.51. The van der Waals surface area contributed by atoms with Gasteiger partial charge in [0, 0.05) is 6.54 Å². The molecule has 0 aromatic rings. The standard InChI is InChI=1S/C9H15NO2/c1-2-12-8(11)7-5-9(7)3-4-10-6-9/h7,10H,2-6H2,1H3. The van der Waals surface area contributed by atoms with E-state index in [1.165, 1.54) is 0 Å². The van der Waals surface area contributed by atoms with Gasteiger partial charge in [-0.25, -0.2) is 0 Å². The average molecular weight is 169 g/mol. The van der Waals surface area contributed by atoms with Gasteiger partial charge in [0.2, 0.25) is 0 Å². The van der Waals surface area contributed by atoms with E-state index in [-0.39, 0.29) is 11.9 Å². The van der Waals surface area contributed by atoms with Crippen molar-refractivity contribution in [1.82, 2.24) is 5.32 Å². The molecule has 1 heterocycles. The van der Waals surface area contributed by atoms with Gasteiger partial charge >= 0.3 is 5.97 Å².